The Balaban J connectivity index is 0.000000178. The van der Waals surface area contributed by atoms with Gasteiger partial charge in [0.2, 0.25) is 6.79 Å². The molecule has 2 heterocycles. The fraction of sp³-hybridized carbons (Fsp3) is 0.500. The lowest BCUT2D eigenvalue weighted by molar-refractivity contribution is 0.173. The number of fused-ring (bicyclic) bond motifs is 2. The lowest BCUT2D eigenvalue weighted by Gasteiger charge is -2.31. The summed E-state index contributed by atoms with van der Waals surface area (Å²) in [7, 11) is 0. The van der Waals surface area contributed by atoms with E-state index < -0.39 is 0 Å². The van der Waals surface area contributed by atoms with E-state index in [2.05, 4.69) is 62.9 Å². The summed E-state index contributed by atoms with van der Waals surface area (Å²) in [6.07, 6.45) is 1.22. The largest absolute Gasteiger partial charge is 0.454 e. The van der Waals surface area contributed by atoms with E-state index in [0.29, 0.717) is 18.8 Å². The Morgan fingerprint density at radius 3 is 2.22 bits per heavy atom. The van der Waals surface area contributed by atoms with Crippen molar-refractivity contribution in [1.29, 1.82) is 0 Å². The first kappa shape index (κ1) is 21.3. The molecule has 3 heteroatoms. The van der Waals surface area contributed by atoms with Gasteiger partial charge < -0.3 is 9.47 Å². The minimum Gasteiger partial charge on any atom is -0.454 e. The van der Waals surface area contributed by atoms with Crippen LogP contribution in [0, 0.1) is 0 Å². The zero-order valence-corrected chi connectivity index (χ0v) is 17.8. The lowest BCUT2D eigenvalue weighted by atomic mass is 9.99. The van der Waals surface area contributed by atoms with Crippen LogP contribution in [0.5, 0.6) is 11.5 Å². The molecular weight excluding hydrogens is 334 g/mol. The lowest BCUT2D eigenvalue weighted by Crippen LogP contribution is -2.35. The number of ether oxygens (including phenoxy) is 2. The Kier molecular flexibility index (Phi) is 8.18. The summed E-state index contributed by atoms with van der Waals surface area (Å²) in [6.45, 7) is 15.6. The second-order valence-electron chi connectivity index (χ2n) is 7.32. The normalized spacial score (nSPS) is 14.8. The maximum atomic E-state index is 5.37. The third-order valence-corrected chi connectivity index (χ3v) is 4.94. The van der Waals surface area contributed by atoms with Gasteiger partial charge in [-0.15, -0.1) is 0 Å². The summed E-state index contributed by atoms with van der Waals surface area (Å²) >= 11 is 0. The van der Waals surface area contributed by atoms with Crippen LogP contribution in [0.3, 0.4) is 0 Å². The minimum absolute atomic E-state index is 0.360. The van der Waals surface area contributed by atoms with Gasteiger partial charge in [-0.3, -0.25) is 4.90 Å². The van der Waals surface area contributed by atoms with Crippen LogP contribution in [-0.2, 0) is 13.0 Å². The van der Waals surface area contributed by atoms with E-state index in [1.807, 2.05) is 26.0 Å². The molecule has 0 amide bonds. The van der Waals surface area contributed by atoms with E-state index in [1.165, 1.54) is 24.1 Å². The Hall–Kier alpha value is -2.00. The van der Waals surface area contributed by atoms with Gasteiger partial charge >= 0.3 is 0 Å². The van der Waals surface area contributed by atoms with Gasteiger partial charge in [0, 0.05) is 24.7 Å². The van der Waals surface area contributed by atoms with Crippen molar-refractivity contribution in [1.82, 2.24) is 4.90 Å². The molecule has 4 rings (SSSR count). The molecule has 2 aromatic carbocycles. The highest BCUT2D eigenvalue weighted by Gasteiger charge is 2.18. The highest BCUT2D eigenvalue weighted by Crippen LogP contribution is 2.38. The smallest absolute Gasteiger partial charge is 0.231 e. The highest BCUT2D eigenvalue weighted by molar-refractivity contribution is 5.49. The van der Waals surface area contributed by atoms with Crippen LogP contribution in [0.2, 0.25) is 0 Å². The number of nitrogens with zero attached hydrogens (tertiary/aromatic N) is 1. The molecule has 148 valence electrons. The molecule has 2 aromatic rings. The summed E-state index contributed by atoms with van der Waals surface area (Å²) in [5.41, 5.74) is 4.28. The maximum Gasteiger partial charge on any atom is 0.231 e. The second-order valence-corrected chi connectivity index (χ2v) is 7.32. The van der Waals surface area contributed by atoms with Crippen LogP contribution in [0.1, 0.15) is 64.2 Å². The van der Waals surface area contributed by atoms with Crippen LogP contribution in [-0.4, -0.2) is 24.3 Å². The number of hydrogen-bond acceptors (Lipinski definition) is 3. The van der Waals surface area contributed by atoms with Crippen LogP contribution < -0.4 is 9.47 Å². The van der Waals surface area contributed by atoms with E-state index in [9.17, 15) is 0 Å². The van der Waals surface area contributed by atoms with Gasteiger partial charge in [0.25, 0.3) is 0 Å². The summed E-state index contributed by atoms with van der Waals surface area (Å²) < 4.78 is 10.6. The monoisotopic (exact) mass is 369 g/mol. The van der Waals surface area contributed by atoms with E-state index in [1.54, 1.807) is 5.56 Å². The SMILES string of the molecule is CC.CC(C)N1CCc2ccccc2C1.CC(C)c1cccc2c1OCO2. The molecule has 0 saturated carbocycles. The van der Waals surface area contributed by atoms with Crippen molar-refractivity contribution in [2.75, 3.05) is 13.3 Å². The van der Waals surface area contributed by atoms with Gasteiger partial charge in [-0.25, -0.2) is 0 Å². The first-order chi connectivity index (χ1) is 13.1. The number of para-hydroxylation sites is 1. The fourth-order valence-electron chi connectivity index (χ4n) is 3.37. The summed E-state index contributed by atoms with van der Waals surface area (Å²) in [5.74, 6) is 2.29. The predicted octanol–water partition coefficient (Wildman–Crippen LogP) is 6.02. The van der Waals surface area contributed by atoms with Gasteiger partial charge in [0.15, 0.2) is 11.5 Å². The summed E-state index contributed by atoms with van der Waals surface area (Å²) in [6, 6.07) is 15.5. The van der Waals surface area contributed by atoms with E-state index >= 15 is 0 Å². The first-order valence-electron chi connectivity index (χ1n) is 10.3. The van der Waals surface area contributed by atoms with Crippen LogP contribution >= 0.6 is 0 Å². The standard InChI is InChI=1S/C12H17N.C10H12O2.C2H6/c1-10(2)13-8-7-11-5-3-4-6-12(11)9-13;1-7(2)8-4-3-5-9-10(8)12-6-11-9;1-2/h3-6,10H,7-9H2,1-2H3;3-5,7H,6H2,1-2H3;1-2H3. The van der Waals surface area contributed by atoms with Gasteiger partial charge in [0.05, 0.1) is 0 Å². The van der Waals surface area contributed by atoms with Gasteiger partial charge in [-0.05, 0) is 43.4 Å². The molecular formula is C24H35NO2. The molecule has 0 bridgehead atoms. The van der Waals surface area contributed by atoms with Crippen LogP contribution in [0.25, 0.3) is 0 Å². The molecule has 0 atom stereocenters. The zero-order chi connectivity index (χ0) is 19.8. The van der Waals surface area contributed by atoms with Crippen LogP contribution in [0.4, 0.5) is 0 Å². The summed E-state index contributed by atoms with van der Waals surface area (Å²) in [5, 5.41) is 0. The zero-order valence-electron chi connectivity index (χ0n) is 17.8. The quantitative estimate of drug-likeness (QED) is 0.646. The Labute approximate surface area is 165 Å². The van der Waals surface area contributed by atoms with Crippen LogP contribution in [0.15, 0.2) is 42.5 Å². The Bertz CT molecular complexity index is 709. The van der Waals surface area contributed by atoms with E-state index in [4.69, 9.17) is 9.47 Å². The van der Waals surface area contributed by atoms with Crippen molar-refractivity contribution >= 4 is 0 Å². The number of rotatable bonds is 2. The minimum atomic E-state index is 0.360. The Morgan fingerprint density at radius 2 is 1.56 bits per heavy atom. The first-order valence-corrected chi connectivity index (χ1v) is 10.3. The van der Waals surface area contributed by atoms with Gasteiger partial charge in [-0.1, -0.05) is 64.1 Å². The molecule has 27 heavy (non-hydrogen) atoms. The molecule has 0 aliphatic carbocycles. The van der Waals surface area contributed by atoms with Gasteiger partial charge in [0.1, 0.15) is 0 Å². The van der Waals surface area contributed by atoms with Crippen molar-refractivity contribution in [3.05, 3.63) is 59.2 Å². The van der Waals surface area contributed by atoms with E-state index in [0.717, 1.165) is 18.0 Å². The van der Waals surface area contributed by atoms with Crippen molar-refractivity contribution in [2.45, 2.75) is 66.5 Å². The fourth-order valence-corrected chi connectivity index (χ4v) is 3.37. The third kappa shape index (κ3) is 5.49. The summed E-state index contributed by atoms with van der Waals surface area (Å²) in [4.78, 5) is 2.53. The molecule has 0 fully saturated rings. The second kappa shape index (κ2) is 10.4. The van der Waals surface area contributed by atoms with Gasteiger partial charge in [-0.2, -0.15) is 0 Å². The highest BCUT2D eigenvalue weighted by atomic mass is 16.7. The number of hydrogen-bond donors (Lipinski definition) is 0. The molecule has 0 radical (unpaired) electrons. The van der Waals surface area contributed by atoms with Crippen molar-refractivity contribution in [2.24, 2.45) is 0 Å². The molecule has 0 aromatic heterocycles. The molecule has 0 saturated heterocycles. The molecule has 2 aliphatic rings. The Morgan fingerprint density at radius 1 is 0.852 bits per heavy atom. The molecule has 0 spiro atoms. The van der Waals surface area contributed by atoms with E-state index in [-0.39, 0.29) is 0 Å². The predicted molar refractivity (Wildman–Crippen MR) is 114 cm³/mol. The molecule has 0 unspecified atom stereocenters. The van der Waals surface area contributed by atoms with Crippen molar-refractivity contribution < 1.29 is 9.47 Å². The third-order valence-electron chi connectivity index (χ3n) is 4.94. The molecule has 2 aliphatic heterocycles. The average Bonchev–Trinajstić information content (AvgIpc) is 3.18. The molecule has 0 N–H and O–H groups in total. The topological polar surface area (TPSA) is 21.7 Å². The molecule has 3 nitrogen and oxygen atoms in total. The maximum absolute atomic E-state index is 5.37. The van der Waals surface area contributed by atoms with Crippen molar-refractivity contribution in [3.8, 4) is 11.5 Å². The number of benzene rings is 2. The average molecular weight is 370 g/mol. The van der Waals surface area contributed by atoms with Crippen molar-refractivity contribution in [3.63, 3.8) is 0 Å².